The summed E-state index contributed by atoms with van der Waals surface area (Å²) >= 11 is 0. The number of nitriles is 1. The third-order valence-corrected chi connectivity index (χ3v) is 3.63. The fourth-order valence-corrected chi connectivity index (χ4v) is 2.87. The van der Waals surface area contributed by atoms with Crippen molar-refractivity contribution >= 4 is 11.8 Å². The van der Waals surface area contributed by atoms with Gasteiger partial charge in [0.05, 0.1) is 6.07 Å². The fourth-order valence-electron chi connectivity index (χ4n) is 2.87. The average molecular weight is 206 g/mol. The van der Waals surface area contributed by atoms with Crippen LogP contribution in [0.1, 0.15) is 38.5 Å². The molecule has 2 amide bonds. The molecule has 1 aliphatic heterocycles. The third kappa shape index (κ3) is 1.63. The Morgan fingerprint density at radius 2 is 1.93 bits per heavy atom. The Balaban J connectivity index is 2.29. The van der Waals surface area contributed by atoms with Crippen LogP contribution in [0.15, 0.2) is 0 Å². The van der Waals surface area contributed by atoms with Gasteiger partial charge in [-0.1, -0.05) is 19.3 Å². The molecule has 1 aliphatic carbocycles. The van der Waals surface area contributed by atoms with Gasteiger partial charge in [0.25, 0.3) is 0 Å². The highest BCUT2D eigenvalue weighted by Crippen LogP contribution is 2.46. The van der Waals surface area contributed by atoms with E-state index in [2.05, 4.69) is 11.4 Å². The van der Waals surface area contributed by atoms with Gasteiger partial charge in [0.15, 0.2) is 0 Å². The van der Waals surface area contributed by atoms with Crippen molar-refractivity contribution in [2.75, 3.05) is 0 Å². The van der Waals surface area contributed by atoms with Crippen molar-refractivity contribution < 1.29 is 9.59 Å². The number of carbonyl (C=O) groups is 2. The molecule has 0 aromatic carbocycles. The van der Waals surface area contributed by atoms with Crippen molar-refractivity contribution in [3.05, 3.63) is 0 Å². The maximum absolute atomic E-state index is 11.6. The van der Waals surface area contributed by atoms with Crippen molar-refractivity contribution in [1.29, 1.82) is 5.26 Å². The predicted octanol–water partition coefficient (Wildman–Crippen LogP) is 1.12. The minimum atomic E-state index is -0.629. The Labute approximate surface area is 88.6 Å². The zero-order chi connectivity index (χ0) is 10.9. The van der Waals surface area contributed by atoms with Crippen LogP contribution in [0.2, 0.25) is 0 Å². The second-order valence-electron chi connectivity index (χ2n) is 4.57. The first kappa shape index (κ1) is 10.2. The molecule has 0 bridgehead atoms. The monoisotopic (exact) mass is 206 g/mol. The van der Waals surface area contributed by atoms with E-state index in [9.17, 15) is 9.59 Å². The first-order valence-corrected chi connectivity index (χ1v) is 5.41. The van der Waals surface area contributed by atoms with Crippen LogP contribution in [0, 0.1) is 22.7 Å². The van der Waals surface area contributed by atoms with E-state index in [1.807, 2.05) is 0 Å². The minimum absolute atomic E-state index is 0.214. The number of piperidine rings is 1. The number of nitrogens with one attached hydrogen (secondary N) is 1. The maximum atomic E-state index is 11.6. The average Bonchev–Trinajstić information content (AvgIpc) is 2.18. The molecule has 1 saturated heterocycles. The molecule has 1 saturated carbocycles. The molecule has 0 unspecified atom stereocenters. The normalized spacial score (nSPS) is 29.7. The van der Waals surface area contributed by atoms with Gasteiger partial charge in [0.1, 0.15) is 5.92 Å². The van der Waals surface area contributed by atoms with Gasteiger partial charge in [-0.2, -0.15) is 5.26 Å². The molecule has 2 rings (SSSR count). The van der Waals surface area contributed by atoms with Crippen LogP contribution < -0.4 is 5.32 Å². The van der Waals surface area contributed by atoms with Crippen molar-refractivity contribution in [2.24, 2.45) is 11.3 Å². The number of amides is 2. The molecular formula is C11H14N2O2. The van der Waals surface area contributed by atoms with Gasteiger partial charge in [-0.05, 0) is 12.8 Å². The topological polar surface area (TPSA) is 70.0 Å². The molecule has 1 atom stereocenters. The van der Waals surface area contributed by atoms with Crippen LogP contribution in [-0.4, -0.2) is 11.8 Å². The smallest absolute Gasteiger partial charge is 0.244 e. The van der Waals surface area contributed by atoms with Crippen LogP contribution in [0.5, 0.6) is 0 Å². The van der Waals surface area contributed by atoms with Gasteiger partial charge in [-0.3, -0.25) is 14.9 Å². The van der Waals surface area contributed by atoms with E-state index in [0.717, 1.165) is 32.1 Å². The number of hydrogen-bond donors (Lipinski definition) is 1. The summed E-state index contributed by atoms with van der Waals surface area (Å²) in [6.45, 7) is 0. The van der Waals surface area contributed by atoms with Gasteiger partial charge in [0, 0.05) is 11.8 Å². The molecule has 4 heteroatoms. The molecule has 0 aromatic heterocycles. The number of rotatable bonds is 0. The van der Waals surface area contributed by atoms with Crippen LogP contribution >= 0.6 is 0 Å². The second kappa shape index (κ2) is 3.65. The Morgan fingerprint density at radius 1 is 1.27 bits per heavy atom. The maximum Gasteiger partial charge on any atom is 0.244 e. The summed E-state index contributed by atoms with van der Waals surface area (Å²) in [5, 5.41) is 11.3. The lowest BCUT2D eigenvalue weighted by Gasteiger charge is -2.42. The van der Waals surface area contributed by atoms with E-state index >= 15 is 0 Å². The molecule has 0 radical (unpaired) electrons. The Kier molecular flexibility index (Phi) is 2.47. The highest BCUT2D eigenvalue weighted by molar-refractivity contribution is 6.00. The molecule has 15 heavy (non-hydrogen) atoms. The lowest BCUT2D eigenvalue weighted by molar-refractivity contribution is -0.142. The van der Waals surface area contributed by atoms with E-state index in [-0.39, 0.29) is 11.3 Å². The largest absolute Gasteiger partial charge is 0.295 e. The summed E-state index contributed by atoms with van der Waals surface area (Å²) in [7, 11) is 0. The van der Waals surface area contributed by atoms with Crippen molar-refractivity contribution in [1.82, 2.24) is 5.32 Å². The molecule has 0 aromatic rings. The zero-order valence-corrected chi connectivity index (χ0v) is 8.58. The third-order valence-electron chi connectivity index (χ3n) is 3.63. The van der Waals surface area contributed by atoms with Gasteiger partial charge in [-0.25, -0.2) is 0 Å². The van der Waals surface area contributed by atoms with Crippen molar-refractivity contribution in [3.63, 3.8) is 0 Å². The van der Waals surface area contributed by atoms with E-state index < -0.39 is 11.8 Å². The fraction of sp³-hybridized carbons (Fsp3) is 0.727. The molecule has 4 nitrogen and oxygen atoms in total. The Hall–Kier alpha value is -1.37. The van der Waals surface area contributed by atoms with E-state index in [4.69, 9.17) is 5.26 Å². The molecule has 2 aliphatic rings. The van der Waals surface area contributed by atoms with Crippen molar-refractivity contribution in [2.45, 2.75) is 38.5 Å². The molecule has 1 heterocycles. The van der Waals surface area contributed by atoms with Gasteiger partial charge < -0.3 is 0 Å². The van der Waals surface area contributed by atoms with Gasteiger partial charge in [0.2, 0.25) is 11.8 Å². The van der Waals surface area contributed by atoms with E-state index in [1.54, 1.807) is 0 Å². The highest BCUT2D eigenvalue weighted by Gasteiger charge is 2.48. The number of hydrogen-bond acceptors (Lipinski definition) is 3. The highest BCUT2D eigenvalue weighted by atomic mass is 16.2. The standard InChI is InChI=1S/C11H14N2O2/c12-7-8-10(15)13-9(14)6-11(8)4-2-1-3-5-11/h8H,1-6H2,(H,13,14,15)/t8-/m0/s1. The Morgan fingerprint density at radius 3 is 2.53 bits per heavy atom. The molecular weight excluding hydrogens is 192 g/mol. The zero-order valence-electron chi connectivity index (χ0n) is 8.58. The number of imide groups is 1. The summed E-state index contributed by atoms with van der Waals surface area (Å²) in [6, 6.07) is 2.07. The summed E-state index contributed by atoms with van der Waals surface area (Å²) in [5.74, 6) is -1.24. The molecule has 80 valence electrons. The van der Waals surface area contributed by atoms with E-state index in [0.29, 0.717) is 6.42 Å². The van der Waals surface area contributed by atoms with Crippen LogP contribution in [0.25, 0.3) is 0 Å². The lowest BCUT2D eigenvalue weighted by atomic mass is 9.62. The molecule has 1 N–H and O–H groups in total. The predicted molar refractivity (Wildman–Crippen MR) is 52.4 cm³/mol. The molecule has 1 spiro atoms. The Bertz CT molecular complexity index is 337. The van der Waals surface area contributed by atoms with Gasteiger partial charge in [-0.15, -0.1) is 0 Å². The summed E-state index contributed by atoms with van der Waals surface area (Å²) in [4.78, 5) is 22.9. The lowest BCUT2D eigenvalue weighted by Crippen LogP contribution is -2.52. The van der Waals surface area contributed by atoms with Crippen LogP contribution in [-0.2, 0) is 9.59 Å². The van der Waals surface area contributed by atoms with Crippen LogP contribution in [0.3, 0.4) is 0 Å². The summed E-state index contributed by atoms with van der Waals surface area (Å²) in [5.41, 5.74) is -0.355. The first-order chi connectivity index (χ1) is 7.18. The minimum Gasteiger partial charge on any atom is -0.295 e. The van der Waals surface area contributed by atoms with Crippen LogP contribution in [0.4, 0.5) is 0 Å². The number of nitrogens with zero attached hydrogens (tertiary/aromatic N) is 1. The molecule has 2 fully saturated rings. The quantitative estimate of drug-likeness (QED) is 0.604. The van der Waals surface area contributed by atoms with Crippen molar-refractivity contribution in [3.8, 4) is 6.07 Å². The van der Waals surface area contributed by atoms with Gasteiger partial charge >= 0.3 is 0 Å². The SMILES string of the molecule is N#C[C@H]1C(=O)NC(=O)CC12CCCCC2. The summed E-state index contributed by atoms with van der Waals surface area (Å²) < 4.78 is 0. The van der Waals surface area contributed by atoms with E-state index in [1.165, 1.54) is 0 Å². The number of carbonyl (C=O) groups excluding carboxylic acids is 2. The second-order valence-corrected chi connectivity index (χ2v) is 4.57. The summed E-state index contributed by atoms with van der Waals surface area (Å²) in [6.07, 6.45) is 5.22. The first-order valence-electron chi connectivity index (χ1n) is 5.41.